The molecule has 0 radical (unpaired) electrons. The highest BCUT2D eigenvalue weighted by Crippen LogP contribution is 2.23. The third-order valence-corrected chi connectivity index (χ3v) is 3.88. The third kappa shape index (κ3) is 3.68. The zero-order chi connectivity index (χ0) is 14.5. The van der Waals surface area contributed by atoms with Crippen molar-refractivity contribution in [3.05, 3.63) is 30.5 Å². The van der Waals surface area contributed by atoms with Gasteiger partial charge in [-0.3, -0.25) is 5.32 Å². The van der Waals surface area contributed by atoms with Crippen LogP contribution in [0.5, 0.6) is 0 Å². The van der Waals surface area contributed by atoms with Crippen molar-refractivity contribution in [2.24, 2.45) is 5.92 Å². The first-order chi connectivity index (χ1) is 10.3. The Morgan fingerprint density at radius 3 is 2.90 bits per heavy atom. The number of benzene rings is 1. The summed E-state index contributed by atoms with van der Waals surface area (Å²) in [5.74, 6) is 0.782. The average Bonchev–Trinajstić information content (AvgIpc) is 2.54. The molecule has 5 heteroatoms. The molecule has 1 amide bonds. The first-order valence-corrected chi connectivity index (χ1v) is 7.47. The van der Waals surface area contributed by atoms with E-state index in [4.69, 9.17) is 4.74 Å². The Labute approximate surface area is 123 Å². The summed E-state index contributed by atoms with van der Waals surface area (Å²) in [6, 6.07) is 7.65. The highest BCUT2D eigenvalue weighted by molar-refractivity contribution is 5.84. The van der Waals surface area contributed by atoms with E-state index < -0.39 is 6.09 Å². The number of nitrogens with zero attached hydrogens (tertiary/aromatic N) is 2. The third-order valence-electron chi connectivity index (χ3n) is 3.88. The number of ether oxygens (including phenoxy) is 1. The first kappa shape index (κ1) is 13.8. The van der Waals surface area contributed by atoms with Crippen LogP contribution >= 0.6 is 0 Å². The zero-order valence-corrected chi connectivity index (χ0v) is 11.9. The molecule has 3 rings (SSSR count). The topological polar surface area (TPSA) is 64.1 Å². The van der Waals surface area contributed by atoms with E-state index >= 15 is 0 Å². The van der Waals surface area contributed by atoms with Crippen molar-refractivity contribution < 1.29 is 9.53 Å². The number of para-hydroxylation sites is 1. The van der Waals surface area contributed by atoms with E-state index in [0.717, 1.165) is 23.7 Å². The van der Waals surface area contributed by atoms with Crippen LogP contribution in [0.15, 0.2) is 30.5 Å². The van der Waals surface area contributed by atoms with E-state index in [1.54, 1.807) is 6.20 Å². The molecule has 1 aromatic heterocycles. The second-order valence-corrected chi connectivity index (χ2v) is 5.48. The number of anilines is 1. The molecular formula is C16H19N3O2. The molecule has 5 nitrogen and oxygen atoms in total. The standard InChI is InChI=1S/C16H19N3O2/c20-16(21-11-12-6-2-1-3-7-12)19-15-17-10-13-8-4-5-9-14(13)18-15/h4-5,8-10,12H,1-3,6-7,11H2,(H,17,18,19,20). The minimum absolute atomic E-state index is 0.280. The maximum atomic E-state index is 11.8. The van der Waals surface area contributed by atoms with Crippen LogP contribution in [0.2, 0.25) is 0 Å². The molecule has 1 aliphatic rings. The van der Waals surface area contributed by atoms with Crippen molar-refractivity contribution >= 4 is 22.9 Å². The van der Waals surface area contributed by atoms with Crippen molar-refractivity contribution in [1.82, 2.24) is 9.97 Å². The van der Waals surface area contributed by atoms with Gasteiger partial charge >= 0.3 is 6.09 Å². The number of rotatable bonds is 3. The summed E-state index contributed by atoms with van der Waals surface area (Å²) in [5, 5.41) is 3.53. The first-order valence-electron chi connectivity index (χ1n) is 7.47. The van der Waals surface area contributed by atoms with E-state index in [0.29, 0.717) is 12.5 Å². The lowest BCUT2D eigenvalue weighted by molar-refractivity contribution is 0.128. The van der Waals surface area contributed by atoms with Crippen molar-refractivity contribution in [3.8, 4) is 0 Å². The van der Waals surface area contributed by atoms with E-state index in [9.17, 15) is 4.79 Å². The molecule has 1 fully saturated rings. The Morgan fingerprint density at radius 1 is 1.24 bits per heavy atom. The highest BCUT2D eigenvalue weighted by atomic mass is 16.5. The second kappa shape index (κ2) is 6.52. The predicted octanol–water partition coefficient (Wildman–Crippen LogP) is 3.76. The molecule has 1 heterocycles. The molecule has 1 aromatic carbocycles. The molecular weight excluding hydrogens is 266 g/mol. The molecule has 1 saturated carbocycles. The summed E-state index contributed by atoms with van der Waals surface area (Å²) in [7, 11) is 0. The second-order valence-electron chi connectivity index (χ2n) is 5.48. The van der Waals surface area contributed by atoms with E-state index in [1.807, 2.05) is 24.3 Å². The van der Waals surface area contributed by atoms with E-state index in [2.05, 4.69) is 15.3 Å². The normalized spacial score (nSPS) is 15.8. The summed E-state index contributed by atoms with van der Waals surface area (Å²) < 4.78 is 5.27. The van der Waals surface area contributed by atoms with Crippen LogP contribution in [-0.4, -0.2) is 22.7 Å². The molecule has 21 heavy (non-hydrogen) atoms. The minimum Gasteiger partial charge on any atom is -0.449 e. The van der Waals surface area contributed by atoms with Crippen LogP contribution in [0, 0.1) is 5.92 Å². The monoisotopic (exact) mass is 285 g/mol. The van der Waals surface area contributed by atoms with Crippen molar-refractivity contribution in [2.45, 2.75) is 32.1 Å². The Kier molecular flexibility index (Phi) is 4.28. The molecule has 0 aliphatic heterocycles. The van der Waals surface area contributed by atoms with Gasteiger partial charge in [-0.25, -0.2) is 14.8 Å². The summed E-state index contributed by atoms with van der Waals surface area (Å²) >= 11 is 0. The van der Waals surface area contributed by atoms with Gasteiger partial charge in [0.25, 0.3) is 0 Å². The van der Waals surface area contributed by atoms with Gasteiger partial charge in [0.2, 0.25) is 5.95 Å². The summed E-state index contributed by atoms with van der Waals surface area (Å²) in [5.41, 5.74) is 0.801. The number of hydrogen-bond acceptors (Lipinski definition) is 4. The van der Waals surface area contributed by atoms with Gasteiger partial charge in [-0.15, -0.1) is 0 Å². The average molecular weight is 285 g/mol. The van der Waals surface area contributed by atoms with Crippen LogP contribution in [0.25, 0.3) is 10.9 Å². The molecule has 2 aromatic rings. The van der Waals surface area contributed by atoms with Gasteiger partial charge in [0.15, 0.2) is 0 Å². The molecule has 0 unspecified atom stereocenters. The van der Waals surface area contributed by atoms with Crippen LogP contribution in [-0.2, 0) is 4.74 Å². The quantitative estimate of drug-likeness (QED) is 0.932. The molecule has 1 aliphatic carbocycles. The number of nitrogens with one attached hydrogen (secondary N) is 1. The Morgan fingerprint density at radius 2 is 2.05 bits per heavy atom. The summed E-state index contributed by atoms with van der Waals surface area (Å²) in [6.07, 6.45) is 7.30. The van der Waals surface area contributed by atoms with Crippen molar-refractivity contribution in [1.29, 1.82) is 0 Å². The molecule has 110 valence electrons. The minimum atomic E-state index is -0.476. The Hall–Kier alpha value is -2.17. The fraction of sp³-hybridized carbons (Fsp3) is 0.438. The Bertz CT molecular complexity index is 624. The largest absolute Gasteiger partial charge is 0.449 e. The lowest BCUT2D eigenvalue weighted by Crippen LogP contribution is -2.21. The lowest BCUT2D eigenvalue weighted by Gasteiger charge is -2.20. The zero-order valence-electron chi connectivity index (χ0n) is 11.9. The molecule has 1 N–H and O–H groups in total. The maximum Gasteiger partial charge on any atom is 0.414 e. The van der Waals surface area contributed by atoms with Crippen LogP contribution in [0.4, 0.5) is 10.7 Å². The van der Waals surface area contributed by atoms with Gasteiger partial charge in [0.05, 0.1) is 12.1 Å². The number of amides is 1. The van der Waals surface area contributed by atoms with Crippen LogP contribution < -0.4 is 5.32 Å². The maximum absolute atomic E-state index is 11.8. The molecule has 0 spiro atoms. The molecule has 0 atom stereocenters. The summed E-state index contributed by atoms with van der Waals surface area (Å²) in [4.78, 5) is 20.2. The van der Waals surface area contributed by atoms with Crippen LogP contribution in [0.3, 0.4) is 0 Å². The fourth-order valence-electron chi connectivity index (χ4n) is 2.71. The number of fused-ring (bicyclic) bond motifs is 1. The number of hydrogen-bond donors (Lipinski definition) is 1. The van der Waals surface area contributed by atoms with Gasteiger partial charge in [0.1, 0.15) is 0 Å². The Balaban J connectivity index is 1.55. The van der Waals surface area contributed by atoms with Gasteiger partial charge < -0.3 is 4.74 Å². The van der Waals surface area contributed by atoms with Gasteiger partial charge in [-0.2, -0.15) is 0 Å². The van der Waals surface area contributed by atoms with E-state index in [1.165, 1.54) is 19.3 Å². The smallest absolute Gasteiger partial charge is 0.414 e. The lowest BCUT2D eigenvalue weighted by atomic mass is 9.90. The van der Waals surface area contributed by atoms with Crippen LogP contribution in [0.1, 0.15) is 32.1 Å². The van der Waals surface area contributed by atoms with E-state index in [-0.39, 0.29) is 5.95 Å². The van der Waals surface area contributed by atoms with Crippen molar-refractivity contribution in [2.75, 3.05) is 11.9 Å². The SMILES string of the molecule is O=C(Nc1ncc2ccccc2n1)OCC1CCCCC1. The van der Waals surface area contributed by atoms with Gasteiger partial charge in [-0.05, 0) is 24.8 Å². The fourth-order valence-corrected chi connectivity index (χ4v) is 2.71. The molecule has 0 saturated heterocycles. The molecule has 0 bridgehead atoms. The highest BCUT2D eigenvalue weighted by Gasteiger charge is 2.15. The van der Waals surface area contributed by atoms with Crippen molar-refractivity contribution in [3.63, 3.8) is 0 Å². The van der Waals surface area contributed by atoms with Gasteiger partial charge in [-0.1, -0.05) is 37.5 Å². The number of aromatic nitrogens is 2. The number of carbonyl (C=O) groups excluding carboxylic acids is 1. The summed E-state index contributed by atoms with van der Waals surface area (Å²) in [6.45, 7) is 0.486. The van der Waals surface area contributed by atoms with Gasteiger partial charge in [0, 0.05) is 11.6 Å². The predicted molar refractivity (Wildman–Crippen MR) is 81.1 cm³/mol. The number of carbonyl (C=O) groups is 1.